The predicted octanol–water partition coefficient (Wildman–Crippen LogP) is 0.732. The fourth-order valence-corrected chi connectivity index (χ4v) is 4.50. The summed E-state index contributed by atoms with van der Waals surface area (Å²) in [6, 6.07) is 7.47. The molecule has 8 heteroatoms. The molecule has 6 nitrogen and oxygen atoms in total. The molecule has 0 aliphatic carbocycles. The van der Waals surface area contributed by atoms with Crippen LogP contribution in [0.1, 0.15) is 12.8 Å². The Balaban J connectivity index is 1.85. The Kier molecular flexibility index (Phi) is 6.19. The highest BCUT2D eigenvalue weighted by Gasteiger charge is 2.26. The van der Waals surface area contributed by atoms with Crippen molar-refractivity contribution < 1.29 is 12.6 Å². The molecule has 0 bridgehead atoms. The highest BCUT2D eigenvalue weighted by atomic mass is 32.2. The van der Waals surface area contributed by atoms with Crippen LogP contribution in [0.5, 0.6) is 0 Å². The summed E-state index contributed by atoms with van der Waals surface area (Å²) in [4.78, 5) is 2.87. The van der Waals surface area contributed by atoms with E-state index in [0.29, 0.717) is 18.3 Å². The lowest BCUT2D eigenvalue weighted by atomic mass is 10.1. The summed E-state index contributed by atoms with van der Waals surface area (Å²) < 4.78 is 37.0. The van der Waals surface area contributed by atoms with Crippen molar-refractivity contribution in [3.8, 4) is 0 Å². The standard InChI is InChI=1S/C15H25N3O3S2/c1-17(11-12-23(2,20)21)14-7-9-18(10-8-14)22(19)15-5-3-13(16)4-6-15/h3-6,14H,7-12,16H2,1-2H3. The Bertz CT molecular complexity index is 638. The molecule has 1 unspecified atom stereocenters. The molecule has 0 radical (unpaired) electrons. The molecule has 0 aromatic heterocycles. The molecule has 1 aromatic carbocycles. The zero-order valence-corrected chi connectivity index (χ0v) is 15.3. The lowest BCUT2D eigenvalue weighted by molar-refractivity contribution is 0.178. The van der Waals surface area contributed by atoms with Crippen LogP contribution < -0.4 is 5.73 Å². The number of sulfone groups is 1. The number of rotatable bonds is 6. The van der Waals surface area contributed by atoms with Crippen LogP contribution in [0.25, 0.3) is 0 Å². The molecule has 0 saturated carbocycles. The van der Waals surface area contributed by atoms with E-state index in [1.807, 2.05) is 11.4 Å². The molecule has 130 valence electrons. The van der Waals surface area contributed by atoms with Gasteiger partial charge in [-0.1, -0.05) is 0 Å². The van der Waals surface area contributed by atoms with Crippen LogP contribution in [0.3, 0.4) is 0 Å². The first-order chi connectivity index (χ1) is 10.8. The highest BCUT2D eigenvalue weighted by Crippen LogP contribution is 2.20. The fourth-order valence-electron chi connectivity index (χ4n) is 2.67. The molecule has 1 aliphatic heterocycles. The van der Waals surface area contributed by atoms with Gasteiger partial charge in [0, 0.05) is 37.6 Å². The van der Waals surface area contributed by atoms with Crippen molar-refractivity contribution in [2.24, 2.45) is 0 Å². The van der Waals surface area contributed by atoms with E-state index in [-0.39, 0.29) is 5.75 Å². The number of hydrogen-bond acceptors (Lipinski definition) is 5. The van der Waals surface area contributed by atoms with Gasteiger partial charge in [0.05, 0.1) is 10.6 Å². The first-order valence-electron chi connectivity index (χ1n) is 7.66. The van der Waals surface area contributed by atoms with Crippen LogP contribution >= 0.6 is 0 Å². The van der Waals surface area contributed by atoms with Crippen molar-refractivity contribution in [1.82, 2.24) is 9.21 Å². The van der Waals surface area contributed by atoms with Crippen LogP contribution in [0.15, 0.2) is 29.2 Å². The molecule has 1 saturated heterocycles. The summed E-state index contributed by atoms with van der Waals surface area (Å²) in [6.45, 7) is 2.03. The molecule has 23 heavy (non-hydrogen) atoms. The maximum absolute atomic E-state index is 12.5. The molecule has 1 heterocycles. The fraction of sp³-hybridized carbons (Fsp3) is 0.600. The first-order valence-corrected chi connectivity index (χ1v) is 10.8. The highest BCUT2D eigenvalue weighted by molar-refractivity contribution is 7.90. The van der Waals surface area contributed by atoms with E-state index in [1.54, 1.807) is 24.3 Å². The summed E-state index contributed by atoms with van der Waals surface area (Å²) >= 11 is 0. The topological polar surface area (TPSA) is 83.7 Å². The molecular weight excluding hydrogens is 334 g/mol. The van der Waals surface area contributed by atoms with Crippen molar-refractivity contribution in [3.63, 3.8) is 0 Å². The van der Waals surface area contributed by atoms with Gasteiger partial charge in [0.1, 0.15) is 20.8 Å². The summed E-state index contributed by atoms with van der Waals surface area (Å²) in [5.41, 5.74) is 6.32. The van der Waals surface area contributed by atoms with Crippen molar-refractivity contribution in [3.05, 3.63) is 24.3 Å². The second-order valence-corrected chi connectivity index (χ2v) is 9.83. The van der Waals surface area contributed by atoms with Gasteiger partial charge in [0.15, 0.2) is 0 Å². The third-order valence-electron chi connectivity index (χ3n) is 4.18. The van der Waals surface area contributed by atoms with Crippen molar-refractivity contribution >= 4 is 26.5 Å². The summed E-state index contributed by atoms with van der Waals surface area (Å²) in [5.74, 6) is 0.182. The second-order valence-electron chi connectivity index (χ2n) is 6.09. The lowest BCUT2D eigenvalue weighted by Gasteiger charge is -2.35. The maximum Gasteiger partial charge on any atom is 0.148 e. The van der Waals surface area contributed by atoms with Crippen LogP contribution in [0, 0.1) is 0 Å². The second kappa shape index (κ2) is 7.74. The quantitative estimate of drug-likeness (QED) is 0.757. The minimum atomic E-state index is -2.93. The molecular formula is C15H25N3O3S2. The lowest BCUT2D eigenvalue weighted by Crippen LogP contribution is -2.45. The number of nitrogens with zero attached hydrogens (tertiary/aromatic N) is 2. The molecule has 1 atom stereocenters. The SMILES string of the molecule is CN(CCS(C)(=O)=O)C1CCN(S(=O)c2ccc(N)cc2)CC1. The van der Waals surface area contributed by atoms with Crippen LogP contribution in [-0.4, -0.2) is 66.6 Å². The smallest absolute Gasteiger partial charge is 0.148 e. The molecule has 0 amide bonds. The number of nitrogens with two attached hydrogens (primary N) is 1. The van der Waals surface area contributed by atoms with E-state index >= 15 is 0 Å². The number of benzene rings is 1. The number of nitrogen functional groups attached to an aromatic ring is 1. The van der Waals surface area contributed by atoms with Crippen molar-refractivity contribution in [1.29, 1.82) is 0 Å². The number of piperidine rings is 1. The van der Waals surface area contributed by atoms with Gasteiger partial charge in [0.25, 0.3) is 0 Å². The van der Waals surface area contributed by atoms with Crippen LogP contribution in [0.4, 0.5) is 5.69 Å². The monoisotopic (exact) mass is 359 g/mol. The number of anilines is 1. The predicted molar refractivity (Wildman–Crippen MR) is 94.2 cm³/mol. The summed E-state index contributed by atoms with van der Waals surface area (Å²) in [7, 11) is -2.13. The van der Waals surface area contributed by atoms with Gasteiger partial charge >= 0.3 is 0 Å². The Morgan fingerprint density at radius 1 is 1.26 bits per heavy atom. The van der Waals surface area contributed by atoms with E-state index in [2.05, 4.69) is 4.90 Å². The Morgan fingerprint density at radius 3 is 2.35 bits per heavy atom. The van der Waals surface area contributed by atoms with Crippen LogP contribution in [-0.2, 0) is 20.8 Å². The van der Waals surface area contributed by atoms with Crippen LogP contribution in [0.2, 0.25) is 0 Å². The molecule has 0 spiro atoms. The Morgan fingerprint density at radius 2 is 1.83 bits per heavy atom. The zero-order chi connectivity index (χ0) is 17.0. The molecule has 2 rings (SSSR count). The Hall–Kier alpha value is -0.960. The van der Waals surface area contributed by atoms with Gasteiger partial charge in [-0.15, -0.1) is 0 Å². The zero-order valence-electron chi connectivity index (χ0n) is 13.6. The summed E-state index contributed by atoms with van der Waals surface area (Å²) in [5, 5.41) is 0. The first kappa shape index (κ1) is 18.4. The Labute approximate surface area is 141 Å². The van der Waals surface area contributed by atoms with Gasteiger partial charge in [-0.05, 0) is 44.2 Å². The van der Waals surface area contributed by atoms with E-state index in [1.165, 1.54) is 6.26 Å². The van der Waals surface area contributed by atoms with Gasteiger partial charge in [-0.2, -0.15) is 0 Å². The minimum Gasteiger partial charge on any atom is -0.399 e. The molecule has 1 aromatic rings. The van der Waals surface area contributed by atoms with Gasteiger partial charge in [-0.3, -0.25) is 0 Å². The third-order valence-corrected chi connectivity index (χ3v) is 6.61. The average Bonchev–Trinajstić information content (AvgIpc) is 2.52. The minimum absolute atomic E-state index is 0.182. The third kappa shape index (κ3) is 5.56. The molecule has 1 fully saturated rings. The van der Waals surface area contributed by atoms with E-state index in [9.17, 15) is 12.6 Å². The van der Waals surface area contributed by atoms with Crippen molar-refractivity contribution in [2.75, 3.05) is 44.4 Å². The summed E-state index contributed by atoms with van der Waals surface area (Å²) in [6.07, 6.45) is 3.04. The van der Waals surface area contributed by atoms with Gasteiger partial charge < -0.3 is 10.6 Å². The van der Waals surface area contributed by atoms with Crippen molar-refractivity contribution in [2.45, 2.75) is 23.8 Å². The van der Waals surface area contributed by atoms with Gasteiger partial charge in [-0.25, -0.2) is 16.9 Å². The van der Waals surface area contributed by atoms with Gasteiger partial charge in [0.2, 0.25) is 0 Å². The number of hydrogen-bond donors (Lipinski definition) is 1. The van der Waals surface area contributed by atoms with E-state index in [4.69, 9.17) is 5.73 Å². The largest absolute Gasteiger partial charge is 0.399 e. The maximum atomic E-state index is 12.5. The average molecular weight is 360 g/mol. The van der Waals surface area contributed by atoms with E-state index < -0.39 is 20.8 Å². The van der Waals surface area contributed by atoms with E-state index in [0.717, 1.165) is 30.8 Å². The molecule has 2 N–H and O–H groups in total. The molecule has 1 aliphatic rings. The normalized spacial score (nSPS) is 19.1.